The first-order valence-electron chi connectivity index (χ1n) is 6.56. The van der Waals surface area contributed by atoms with Gasteiger partial charge in [0.15, 0.2) is 0 Å². The lowest BCUT2D eigenvalue weighted by molar-refractivity contribution is 0.233. The number of hydrogen-bond donors (Lipinski definition) is 1. The van der Waals surface area contributed by atoms with E-state index in [1.54, 1.807) is 13.0 Å². The Morgan fingerprint density at radius 1 is 1.43 bits per heavy atom. The molecule has 7 heteroatoms. The van der Waals surface area contributed by atoms with Crippen molar-refractivity contribution in [1.82, 2.24) is 10.2 Å². The number of benzene rings is 1. The maximum atomic E-state index is 12.8. The minimum absolute atomic E-state index is 0.0573. The molecular weight excluding hydrogens is 295 g/mol. The van der Waals surface area contributed by atoms with E-state index in [2.05, 4.69) is 20.3 Å². The first-order valence-corrected chi connectivity index (χ1v) is 7.87. The van der Waals surface area contributed by atoms with Gasteiger partial charge >= 0.3 is 10.5 Å². The van der Waals surface area contributed by atoms with E-state index >= 15 is 0 Å². The van der Waals surface area contributed by atoms with Gasteiger partial charge in [-0.2, -0.15) is 8.42 Å². The molecule has 1 aliphatic heterocycles. The van der Waals surface area contributed by atoms with Crippen molar-refractivity contribution in [2.75, 3.05) is 26.2 Å². The van der Waals surface area contributed by atoms with Gasteiger partial charge in [0.2, 0.25) is 0 Å². The van der Waals surface area contributed by atoms with E-state index in [1.807, 2.05) is 0 Å². The molecule has 0 unspecified atom stereocenters. The molecule has 1 fully saturated rings. The predicted molar refractivity (Wildman–Crippen MR) is 77.9 cm³/mol. The number of terminal acetylenes is 1. The second-order valence-corrected chi connectivity index (χ2v) is 5.87. The van der Waals surface area contributed by atoms with Gasteiger partial charge in [-0.1, -0.05) is 9.81 Å². The molecule has 114 valence electrons. The molecule has 1 heterocycles. The third kappa shape index (κ3) is 4.43. The van der Waals surface area contributed by atoms with Gasteiger partial charge in [0.05, 0.1) is 0 Å². The number of nitrogens with one attached hydrogen (secondary N) is 1. The van der Waals surface area contributed by atoms with Gasteiger partial charge in [0.25, 0.3) is 0 Å². The molecule has 1 saturated heterocycles. The first-order chi connectivity index (χ1) is 9.89. The van der Waals surface area contributed by atoms with Crippen molar-refractivity contribution < 1.29 is 16.5 Å². The van der Waals surface area contributed by atoms with E-state index in [0.717, 1.165) is 31.7 Å². The van der Waals surface area contributed by atoms with Gasteiger partial charge in [-0.15, -0.1) is 6.42 Å². The standard InChI is InChI=1S/C14H17FN2O3S/c1-3-13-8-12(10-17-6-4-16-5-7-17)9-14(11(13)2)20-21(15,18)19/h1,8-9,16H,4-7,10H2,2H3. The van der Waals surface area contributed by atoms with E-state index in [-0.39, 0.29) is 5.75 Å². The number of rotatable bonds is 4. The summed E-state index contributed by atoms with van der Waals surface area (Å²) in [7, 11) is -5.07. The van der Waals surface area contributed by atoms with Gasteiger partial charge in [-0.25, -0.2) is 0 Å². The van der Waals surface area contributed by atoms with Crippen LogP contribution in [0.3, 0.4) is 0 Å². The van der Waals surface area contributed by atoms with Crippen LogP contribution in [0, 0.1) is 19.3 Å². The van der Waals surface area contributed by atoms with Crippen molar-refractivity contribution in [3.8, 4) is 18.1 Å². The minimum Gasteiger partial charge on any atom is -0.358 e. The predicted octanol–water partition coefficient (Wildman–Crippen LogP) is 0.975. The van der Waals surface area contributed by atoms with Crippen molar-refractivity contribution in [3.63, 3.8) is 0 Å². The fourth-order valence-corrected chi connectivity index (χ4v) is 2.69. The van der Waals surface area contributed by atoms with E-state index in [0.29, 0.717) is 17.7 Å². The van der Waals surface area contributed by atoms with Gasteiger partial charge in [-0.3, -0.25) is 4.90 Å². The third-order valence-corrected chi connectivity index (χ3v) is 3.76. The fraction of sp³-hybridized carbons (Fsp3) is 0.429. The molecule has 1 aliphatic rings. The molecule has 21 heavy (non-hydrogen) atoms. The summed E-state index contributed by atoms with van der Waals surface area (Å²) >= 11 is 0. The van der Waals surface area contributed by atoms with Crippen LogP contribution in [0.4, 0.5) is 3.89 Å². The molecule has 0 saturated carbocycles. The summed E-state index contributed by atoms with van der Waals surface area (Å²) in [6, 6.07) is 3.32. The zero-order valence-corrected chi connectivity index (χ0v) is 12.5. The van der Waals surface area contributed by atoms with E-state index < -0.39 is 10.5 Å². The molecule has 2 rings (SSSR count). The summed E-state index contributed by atoms with van der Waals surface area (Å²) in [4.78, 5) is 2.20. The summed E-state index contributed by atoms with van der Waals surface area (Å²) < 4.78 is 38.5. The first kappa shape index (κ1) is 15.8. The zero-order chi connectivity index (χ0) is 15.5. The summed E-state index contributed by atoms with van der Waals surface area (Å²) in [5.41, 5.74) is 1.73. The second-order valence-electron chi connectivity index (χ2n) is 4.91. The smallest absolute Gasteiger partial charge is 0.358 e. The minimum atomic E-state index is -5.07. The Balaban J connectivity index is 2.29. The molecule has 1 aromatic carbocycles. The molecule has 0 spiro atoms. The van der Waals surface area contributed by atoms with Crippen LogP contribution in [0.2, 0.25) is 0 Å². The molecular formula is C14H17FN2O3S. The van der Waals surface area contributed by atoms with Crippen LogP contribution < -0.4 is 9.50 Å². The second kappa shape index (κ2) is 6.43. The van der Waals surface area contributed by atoms with E-state index in [9.17, 15) is 12.3 Å². The Bertz CT molecular complexity index is 662. The Kier molecular flexibility index (Phi) is 4.83. The van der Waals surface area contributed by atoms with Gasteiger partial charge in [0, 0.05) is 43.9 Å². The van der Waals surface area contributed by atoms with Crippen LogP contribution in [-0.4, -0.2) is 39.5 Å². The summed E-state index contributed by atoms with van der Waals surface area (Å²) in [5, 5.41) is 3.25. The largest absolute Gasteiger partial charge is 0.488 e. The Labute approximate surface area is 124 Å². The van der Waals surface area contributed by atoms with Crippen molar-refractivity contribution in [2.45, 2.75) is 13.5 Å². The number of piperazine rings is 1. The van der Waals surface area contributed by atoms with Crippen molar-refractivity contribution >= 4 is 10.5 Å². The monoisotopic (exact) mass is 312 g/mol. The van der Waals surface area contributed by atoms with Crippen molar-refractivity contribution in [2.24, 2.45) is 0 Å². The number of halogens is 1. The summed E-state index contributed by atoms with van der Waals surface area (Å²) in [6.07, 6.45) is 5.41. The van der Waals surface area contributed by atoms with Crippen LogP contribution in [0.15, 0.2) is 12.1 Å². The molecule has 0 bridgehead atoms. The van der Waals surface area contributed by atoms with Gasteiger partial charge in [-0.05, 0) is 24.6 Å². The van der Waals surface area contributed by atoms with Crippen LogP contribution in [0.1, 0.15) is 16.7 Å². The lowest BCUT2D eigenvalue weighted by atomic mass is 10.0. The molecule has 0 aromatic heterocycles. The number of nitrogens with zero attached hydrogens (tertiary/aromatic N) is 1. The average molecular weight is 312 g/mol. The SMILES string of the molecule is C#Cc1cc(CN2CCNCC2)cc(OS(=O)(=O)F)c1C. The highest BCUT2D eigenvalue weighted by Gasteiger charge is 2.17. The maximum Gasteiger partial charge on any atom is 0.488 e. The maximum absolute atomic E-state index is 12.8. The molecule has 5 nitrogen and oxygen atoms in total. The molecule has 0 aliphatic carbocycles. The van der Waals surface area contributed by atoms with Crippen LogP contribution in [-0.2, 0) is 17.0 Å². The van der Waals surface area contributed by atoms with E-state index in [1.165, 1.54) is 6.07 Å². The summed E-state index contributed by atoms with van der Waals surface area (Å²) in [5.74, 6) is 2.41. The fourth-order valence-electron chi connectivity index (χ4n) is 2.31. The van der Waals surface area contributed by atoms with Gasteiger partial charge < -0.3 is 9.50 Å². The molecule has 0 radical (unpaired) electrons. The Morgan fingerprint density at radius 3 is 2.67 bits per heavy atom. The highest BCUT2D eigenvalue weighted by molar-refractivity contribution is 7.81. The van der Waals surface area contributed by atoms with Crippen molar-refractivity contribution in [1.29, 1.82) is 0 Å². The van der Waals surface area contributed by atoms with Gasteiger partial charge in [0.1, 0.15) is 5.75 Å². The van der Waals surface area contributed by atoms with Crippen LogP contribution in [0.5, 0.6) is 5.75 Å². The van der Waals surface area contributed by atoms with E-state index in [4.69, 9.17) is 6.42 Å². The van der Waals surface area contributed by atoms with Crippen LogP contribution in [0.25, 0.3) is 0 Å². The molecule has 0 atom stereocenters. The highest BCUT2D eigenvalue weighted by atomic mass is 32.3. The highest BCUT2D eigenvalue weighted by Crippen LogP contribution is 2.26. The quantitative estimate of drug-likeness (QED) is 0.663. The average Bonchev–Trinajstić information content (AvgIpc) is 2.42. The Hall–Kier alpha value is -1.62. The molecule has 1 N–H and O–H groups in total. The Morgan fingerprint density at radius 2 is 2.10 bits per heavy atom. The topological polar surface area (TPSA) is 58.6 Å². The lowest BCUT2D eigenvalue weighted by Gasteiger charge is -2.27. The van der Waals surface area contributed by atoms with Crippen molar-refractivity contribution in [3.05, 3.63) is 28.8 Å². The number of hydrogen-bond acceptors (Lipinski definition) is 5. The summed E-state index contributed by atoms with van der Waals surface area (Å²) in [6.45, 7) is 5.78. The third-order valence-electron chi connectivity index (χ3n) is 3.38. The lowest BCUT2D eigenvalue weighted by Crippen LogP contribution is -2.42. The molecule has 0 amide bonds. The normalized spacial score (nSPS) is 16.4. The zero-order valence-electron chi connectivity index (χ0n) is 11.7. The molecule has 1 aromatic rings. The van der Waals surface area contributed by atoms with Crippen LogP contribution >= 0.6 is 0 Å².